The van der Waals surface area contributed by atoms with Crippen molar-refractivity contribution in [2.75, 3.05) is 30.8 Å². The molecule has 11 nitrogen and oxygen atoms in total. The lowest BCUT2D eigenvalue weighted by Gasteiger charge is -2.10. The molecule has 0 saturated heterocycles. The normalized spacial score (nSPS) is 10.8. The molecule has 0 aliphatic heterocycles. The number of aromatic nitrogens is 5. The summed E-state index contributed by atoms with van der Waals surface area (Å²) in [6.45, 7) is -2.22. The zero-order valence-corrected chi connectivity index (χ0v) is 17.9. The van der Waals surface area contributed by atoms with Gasteiger partial charge in [-0.05, 0) is 29.8 Å². The third kappa shape index (κ3) is 5.62. The number of fused-ring (bicyclic) bond motifs is 1. The fraction of sp³-hybridized carbons (Fsp3) is 0.190. The molecule has 0 unspecified atom stereocenters. The largest absolute Gasteiger partial charge is 0.478 e. The maximum atomic E-state index is 12.7. The van der Waals surface area contributed by atoms with E-state index >= 15 is 0 Å². The number of nitrogens with zero attached hydrogens (tertiary/aromatic N) is 5. The van der Waals surface area contributed by atoms with Gasteiger partial charge in [-0.15, -0.1) is 5.10 Å². The van der Waals surface area contributed by atoms with Gasteiger partial charge in [0.1, 0.15) is 0 Å². The highest BCUT2D eigenvalue weighted by Crippen LogP contribution is 2.31. The number of carbonyl (C=O) groups is 1. The number of carbonyl (C=O) groups excluding carboxylic acids is 1. The number of urea groups is 1. The molecule has 2 amide bonds. The summed E-state index contributed by atoms with van der Waals surface area (Å²) in [6.07, 6.45) is 6.40. The molecule has 0 aliphatic rings. The van der Waals surface area contributed by atoms with Crippen LogP contribution < -0.4 is 25.4 Å². The van der Waals surface area contributed by atoms with Gasteiger partial charge in [-0.1, -0.05) is 0 Å². The summed E-state index contributed by atoms with van der Waals surface area (Å²) in [4.78, 5) is 24.2. The third-order valence-electron chi connectivity index (χ3n) is 4.53. The molecular formula is C21H20F2N8O3. The van der Waals surface area contributed by atoms with Gasteiger partial charge < -0.3 is 20.1 Å². The van der Waals surface area contributed by atoms with Gasteiger partial charge in [0, 0.05) is 49.5 Å². The zero-order valence-electron chi connectivity index (χ0n) is 17.9. The Morgan fingerprint density at radius 3 is 2.71 bits per heavy atom. The number of alkyl halides is 2. The highest BCUT2D eigenvalue weighted by molar-refractivity contribution is 5.89. The first kappa shape index (κ1) is 22.6. The van der Waals surface area contributed by atoms with E-state index in [0.717, 1.165) is 0 Å². The topological polar surface area (TPSA) is 128 Å². The number of amides is 2. The van der Waals surface area contributed by atoms with E-state index in [1.807, 2.05) is 0 Å². The van der Waals surface area contributed by atoms with E-state index < -0.39 is 12.6 Å². The minimum absolute atomic E-state index is 0.0431. The van der Waals surface area contributed by atoms with E-state index in [1.54, 1.807) is 47.4 Å². The van der Waals surface area contributed by atoms with Crippen LogP contribution in [-0.2, 0) is 0 Å². The first-order valence-electron chi connectivity index (χ1n) is 10.1. The van der Waals surface area contributed by atoms with Crippen LogP contribution in [0.1, 0.15) is 0 Å². The quantitative estimate of drug-likeness (QED) is 0.319. The van der Waals surface area contributed by atoms with Crippen molar-refractivity contribution in [2.45, 2.75) is 6.61 Å². The lowest BCUT2D eigenvalue weighted by Crippen LogP contribution is -2.32. The minimum atomic E-state index is -3.01. The molecule has 0 bridgehead atoms. The first-order valence-corrected chi connectivity index (χ1v) is 10.1. The second-order valence-electron chi connectivity index (χ2n) is 6.80. The Morgan fingerprint density at radius 2 is 1.94 bits per heavy atom. The molecule has 0 aliphatic carbocycles. The van der Waals surface area contributed by atoms with Crippen LogP contribution >= 0.6 is 0 Å². The van der Waals surface area contributed by atoms with Crippen molar-refractivity contribution in [1.82, 2.24) is 29.9 Å². The first-order chi connectivity index (χ1) is 16.5. The van der Waals surface area contributed by atoms with E-state index in [2.05, 4.69) is 40.7 Å². The van der Waals surface area contributed by atoms with Gasteiger partial charge in [0.05, 0.1) is 12.6 Å². The third-order valence-corrected chi connectivity index (χ3v) is 4.53. The molecule has 0 saturated carbocycles. The predicted octanol–water partition coefficient (Wildman–Crippen LogP) is 3.03. The lowest BCUT2D eigenvalue weighted by atomic mass is 10.1. The molecule has 0 atom stereocenters. The average molecular weight is 470 g/mol. The van der Waals surface area contributed by atoms with Crippen molar-refractivity contribution in [3.8, 4) is 22.8 Å². The molecule has 0 spiro atoms. The Labute approximate surface area is 192 Å². The molecule has 3 N–H and O–H groups in total. The van der Waals surface area contributed by atoms with Crippen molar-refractivity contribution in [3.05, 3.63) is 55.1 Å². The summed E-state index contributed by atoms with van der Waals surface area (Å²) < 4.78 is 36.4. The molecule has 4 rings (SSSR count). The van der Waals surface area contributed by atoms with Gasteiger partial charge in [-0.2, -0.15) is 8.78 Å². The molecule has 4 aromatic heterocycles. The van der Waals surface area contributed by atoms with Gasteiger partial charge in [-0.3, -0.25) is 5.32 Å². The van der Waals surface area contributed by atoms with Crippen LogP contribution in [0.25, 0.3) is 16.6 Å². The Hall–Kier alpha value is -4.55. The summed E-state index contributed by atoms with van der Waals surface area (Å²) in [7, 11) is 1.32. The molecular weight excluding hydrogens is 450 g/mol. The number of rotatable bonds is 9. The van der Waals surface area contributed by atoms with Gasteiger partial charge in [0.15, 0.2) is 11.6 Å². The summed E-state index contributed by atoms with van der Waals surface area (Å²) in [5, 5.41) is 12.6. The van der Waals surface area contributed by atoms with E-state index in [4.69, 9.17) is 4.74 Å². The van der Waals surface area contributed by atoms with Crippen LogP contribution in [0.2, 0.25) is 0 Å². The zero-order chi connectivity index (χ0) is 23.9. The molecule has 13 heteroatoms. The Morgan fingerprint density at radius 1 is 1.12 bits per heavy atom. The van der Waals surface area contributed by atoms with Crippen molar-refractivity contribution >= 4 is 23.3 Å². The average Bonchev–Trinajstić information content (AvgIpc) is 3.23. The molecule has 34 heavy (non-hydrogen) atoms. The number of ether oxygens (including phenoxy) is 2. The number of halogens is 2. The Kier molecular flexibility index (Phi) is 6.91. The number of anilines is 2. The van der Waals surface area contributed by atoms with Gasteiger partial charge >= 0.3 is 12.6 Å². The number of nitrogens with one attached hydrogen (secondary N) is 3. The fourth-order valence-corrected chi connectivity index (χ4v) is 3.06. The molecule has 0 aromatic carbocycles. The van der Waals surface area contributed by atoms with Crippen molar-refractivity contribution < 1.29 is 23.0 Å². The van der Waals surface area contributed by atoms with E-state index in [0.29, 0.717) is 41.5 Å². The van der Waals surface area contributed by atoms with E-state index in [9.17, 15) is 13.6 Å². The highest BCUT2D eigenvalue weighted by atomic mass is 19.3. The summed E-state index contributed by atoms with van der Waals surface area (Å²) in [6, 6.07) is 7.88. The maximum absolute atomic E-state index is 12.7. The summed E-state index contributed by atoms with van der Waals surface area (Å²) >= 11 is 0. The minimum Gasteiger partial charge on any atom is -0.478 e. The number of pyridine rings is 2. The molecule has 0 radical (unpaired) electrons. The summed E-state index contributed by atoms with van der Waals surface area (Å²) in [5.74, 6) is 0.596. The second kappa shape index (κ2) is 10.4. The Balaban J connectivity index is 1.39. The molecule has 0 fully saturated rings. The fourth-order valence-electron chi connectivity index (χ4n) is 3.06. The van der Waals surface area contributed by atoms with Crippen LogP contribution in [0, 0.1) is 0 Å². The summed E-state index contributed by atoms with van der Waals surface area (Å²) in [5.41, 5.74) is 1.90. The van der Waals surface area contributed by atoms with Gasteiger partial charge in [-0.25, -0.2) is 24.3 Å². The second-order valence-corrected chi connectivity index (χ2v) is 6.80. The number of methoxy groups -OCH3 is 1. The van der Waals surface area contributed by atoms with Crippen LogP contribution in [0.15, 0.2) is 55.1 Å². The van der Waals surface area contributed by atoms with Crippen LogP contribution in [0.5, 0.6) is 11.6 Å². The van der Waals surface area contributed by atoms with Crippen molar-refractivity contribution in [1.29, 1.82) is 0 Å². The monoisotopic (exact) mass is 470 g/mol. The lowest BCUT2D eigenvalue weighted by molar-refractivity contribution is -0.0515. The molecule has 176 valence electrons. The maximum Gasteiger partial charge on any atom is 0.387 e. The van der Waals surface area contributed by atoms with Crippen LogP contribution in [-0.4, -0.2) is 57.4 Å². The predicted molar refractivity (Wildman–Crippen MR) is 119 cm³/mol. The standard InChI is InChI=1S/C21H20F2N8O3/c1-33-18-16(34-19(22)23)10-14(12-28-18)13-3-8-31-15(9-13)11-17(30-31)29-21(32)27-7-6-26-20-24-4-2-5-25-20/h2-5,8-12,19H,6-7H2,1H3,(H,24,25,26)(H2,27,29,30,32). The van der Waals surface area contributed by atoms with Crippen LogP contribution in [0.4, 0.5) is 25.3 Å². The highest BCUT2D eigenvalue weighted by Gasteiger charge is 2.14. The number of hydrogen-bond acceptors (Lipinski definition) is 8. The molecule has 4 aromatic rings. The smallest absolute Gasteiger partial charge is 0.387 e. The van der Waals surface area contributed by atoms with E-state index in [1.165, 1.54) is 19.4 Å². The van der Waals surface area contributed by atoms with Gasteiger partial charge in [0.2, 0.25) is 5.95 Å². The van der Waals surface area contributed by atoms with Crippen molar-refractivity contribution in [3.63, 3.8) is 0 Å². The SMILES string of the molecule is COc1ncc(-c2ccn3nc(NC(=O)NCCNc4ncccn4)cc3c2)cc1OC(F)F. The van der Waals surface area contributed by atoms with Gasteiger partial charge in [0.25, 0.3) is 5.88 Å². The van der Waals surface area contributed by atoms with Crippen LogP contribution in [0.3, 0.4) is 0 Å². The van der Waals surface area contributed by atoms with E-state index in [-0.39, 0.29) is 11.6 Å². The van der Waals surface area contributed by atoms with Crippen molar-refractivity contribution in [2.24, 2.45) is 0 Å². The number of hydrogen-bond donors (Lipinski definition) is 3. The Bertz CT molecular complexity index is 1270. The molecule has 4 heterocycles.